The van der Waals surface area contributed by atoms with Crippen molar-refractivity contribution in [2.45, 2.75) is 19.1 Å². The van der Waals surface area contributed by atoms with Gasteiger partial charge in [-0.15, -0.1) is 0 Å². The van der Waals surface area contributed by atoms with Crippen LogP contribution in [0.5, 0.6) is 11.5 Å². The Hall–Kier alpha value is -3.59. The van der Waals surface area contributed by atoms with E-state index < -0.39 is 6.09 Å². The number of hydrogen-bond donors (Lipinski definition) is 1. The number of hydrogen-bond acceptors (Lipinski definition) is 6. The van der Waals surface area contributed by atoms with Crippen LogP contribution in [0.3, 0.4) is 0 Å². The standard InChI is InChI=1S/C25H24FN3O5/c26-20-4-1-16-2-6-23(30)29-13-15(9-19(20)24(16)29)11-27-12-18-14-28(25(31)34-18)17-3-5-21-22(10-17)33-8-7-32-21/h1-6,10,15,18,27H,7-9,11-14H2/t15-,18-/m1/s1. The largest absolute Gasteiger partial charge is 0.486 e. The molecule has 1 aromatic heterocycles. The minimum atomic E-state index is -0.407. The van der Waals surface area contributed by atoms with Gasteiger partial charge in [0, 0.05) is 37.3 Å². The fourth-order valence-corrected chi connectivity index (χ4v) is 5.05. The van der Waals surface area contributed by atoms with E-state index in [1.165, 1.54) is 12.1 Å². The number of ether oxygens (including phenoxy) is 3. The topological polar surface area (TPSA) is 82.0 Å². The normalized spacial score (nSPS) is 21.1. The molecule has 1 saturated heterocycles. The average Bonchev–Trinajstić information content (AvgIpc) is 3.23. The zero-order valence-electron chi connectivity index (χ0n) is 18.5. The lowest BCUT2D eigenvalue weighted by Crippen LogP contribution is -2.38. The highest BCUT2D eigenvalue weighted by Gasteiger charge is 2.33. The van der Waals surface area contributed by atoms with Crippen LogP contribution >= 0.6 is 0 Å². The molecular formula is C25H24FN3O5. The number of nitrogens with zero attached hydrogens (tertiary/aromatic N) is 2. The van der Waals surface area contributed by atoms with Gasteiger partial charge in [0.05, 0.1) is 17.7 Å². The number of carbonyl (C=O) groups is 1. The Kier molecular flexibility index (Phi) is 5.13. The molecule has 0 bridgehead atoms. The quantitative estimate of drug-likeness (QED) is 0.624. The highest BCUT2D eigenvalue weighted by molar-refractivity contribution is 5.90. The molecule has 0 radical (unpaired) electrons. The van der Waals surface area contributed by atoms with Crippen molar-refractivity contribution < 1.29 is 23.4 Å². The summed E-state index contributed by atoms with van der Waals surface area (Å²) in [6.07, 6.45) is -0.178. The number of carbonyl (C=O) groups excluding carboxylic acids is 1. The molecule has 0 unspecified atom stereocenters. The molecule has 0 spiro atoms. The lowest BCUT2D eigenvalue weighted by Gasteiger charge is -2.27. The first-order valence-corrected chi connectivity index (χ1v) is 11.5. The second-order valence-electron chi connectivity index (χ2n) is 8.92. The predicted molar refractivity (Wildman–Crippen MR) is 123 cm³/mol. The Morgan fingerprint density at radius 1 is 0.971 bits per heavy atom. The van der Waals surface area contributed by atoms with Gasteiger partial charge in [0.1, 0.15) is 25.1 Å². The number of amides is 1. The maximum atomic E-state index is 14.5. The molecule has 8 nitrogen and oxygen atoms in total. The highest BCUT2D eigenvalue weighted by atomic mass is 19.1. The number of aromatic nitrogens is 1. The first-order chi connectivity index (χ1) is 16.6. The Morgan fingerprint density at radius 3 is 2.68 bits per heavy atom. The third-order valence-corrected chi connectivity index (χ3v) is 6.65. The Bertz CT molecular complexity index is 1340. The summed E-state index contributed by atoms with van der Waals surface area (Å²) in [6.45, 7) is 2.96. The lowest BCUT2D eigenvalue weighted by molar-refractivity contribution is 0.139. The summed E-state index contributed by atoms with van der Waals surface area (Å²) >= 11 is 0. The van der Waals surface area contributed by atoms with Crippen LogP contribution in [0.15, 0.2) is 47.3 Å². The lowest BCUT2D eigenvalue weighted by atomic mass is 9.92. The fraction of sp³-hybridized carbons (Fsp3) is 0.360. The van der Waals surface area contributed by atoms with E-state index >= 15 is 0 Å². The number of pyridine rings is 1. The average molecular weight is 465 g/mol. The zero-order chi connectivity index (χ0) is 23.2. The monoisotopic (exact) mass is 465 g/mol. The fourth-order valence-electron chi connectivity index (χ4n) is 5.05. The SMILES string of the molecule is O=C1O[C@H](CNC[C@H]2Cc3c(F)ccc4ccc(=O)n(c34)C2)CN1c1ccc2c(c1)OCCO2. The molecule has 1 N–H and O–H groups in total. The van der Waals surface area contributed by atoms with Crippen LogP contribution in [0.1, 0.15) is 5.56 Å². The molecule has 0 saturated carbocycles. The van der Waals surface area contributed by atoms with E-state index in [9.17, 15) is 14.0 Å². The van der Waals surface area contributed by atoms with Gasteiger partial charge in [-0.05, 0) is 48.1 Å². The summed E-state index contributed by atoms with van der Waals surface area (Å²) in [4.78, 5) is 26.5. The second-order valence-corrected chi connectivity index (χ2v) is 8.92. The van der Waals surface area contributed by atoms with Gasteiger partial charge in [0.2, 0.25) is 0 Å². The number of halogens is 1. The van der Waals surface area contributed by atoms with Crippen LogP contribution in [0, 0.1) is 11.7 Å². The molecule has 0 aliphatic carbocycles. The minimum Gasteiger partial charge on any atom is -0.486 e. The molecular weight excluding hydrogens is 441 g/mol. The smallest absolute Gasteiger partial charge is 0.414 e. The Balaban J connectivity index is 1.09. The van der Waals surface area contributed by atoms with Crippen LogP contribution in [0.25, 0.3) is 10.9 Å². The third-order valence-electron chi connectivity index (χ3n) is 6.65. The molecule has 176 valence electrons. The molecule has 1 fully saturated rings. The first kappa shape index (κ1) is 21.0. The van der Waals surface area contributed by atoms with Crippen LogP contribution in [-0.2, 0) is 17.7 Å². The van der Waals surface area contributed by atoms with Gasteiger partial charge < -0.3 is 24.1 Å². The summed E-state index contributed by atoms with van der Waals surface area (Å²) in [5, 5.41) is 4.23. The van der Waals surface area contributed by atoms with Crippen molar-refractivity contribution in [3.05, 3.63) is 64.2 Å². The summed E-state index contributed by atoms with van der Waals surface area (Å²) in [5.74, 6) is 1.06. The van der Waals surface area contributed by atoms with Gasteiger partial charge in [0.15, 0.2) is 11.5 Å². The van der Waals surface area contributed by atoms with Crippen molar-refractivity contribution >= 4 is 22.7 Å². The summed E-state index contributed by atoms with van der Waals surface area (Å²) in [7, 11) is 0. The van der Waals surface area contributed by atoms with Gasteiger partial charge >= 0.3 is 6.09 Å². The summed E-state index contributed by atoms with van der Waals surface area (Å²) in [5.41, 5.74) is 1.86. The zero-order valence-corrected chi connectivity index (χ0v) is 18.5. The third kappa shape index (κ3) is 3.66. The van der Waals surface area contributed by atoms with Crippen molar-refractivity contribution in [2.24, 2.45) is 5.92 Å². The molecule has 9 heteroatoms. The van der Waals surface area contributed by atoms with Crippen molar-refractivity contribution in [3.8, 4) is 11.5 Å². The maximum absolute atomic E-state index is 14.5. The second kappa shape index (κ2) is 8.32. The van der Waals surface area contributed by atoms with Crippen molar-refractivity contribution in [1.82, 2.24) is 9.88 Å². The molecule has 2 atom stereocenters. The van der Waals surface area contributed by atoms with Crippen LogP contribution in [0.4, 0.5) is 14.9 Å². The number of rotatable bonds is 5. The number of anilines is 1. The van der Waals surface area contributed by atoms with Gasteiger partial charge in [-0.2, -0.15) is 0 Å². The molecule has 2 aromatic carbocycles. The Labute approximate surface area is 194 Å². The van der Waals surface area contributed by atoms with Gasteiger partial charge in [0.25, 0.3) is 5.56 Å². The highest BCUT2D eigenvalue weighted by Crippen LogP contribution is 2.35. The maximum Gasteiger partial charge on any atom is 0.414 e. The first-order valence-electron chi connectivity index (χ1n) is 11.5. The number of nitrogens with one attached hydrogen (secondary N) is 1. The number of fused-ring (bicyclic) bond motifs is 1. The van der Waals surface area contributed by atoms with Crippen molar-refractivity contribution in [1.29, 1.82) is 0 Å². The molecule has 6 rings (SSSR count). The summed E-state index contributed by atoms with van der Waals surface area (Å²) in [6, 6.07) is 11.9. The molecule has 3 aliphatic rings. The van der Waals surface area contributed by atoms with Gasteiger partial charge in [-0.3, -0.25) is 9.69 Å². The van der Waals surface area contributed by atoms with Crippen molar-refractivity contribution in [2.75, 3.05) is 37.7 Å². The number of cyclic esters (lactones) is 1. The summed E-state index contributed by atoms with van der Waals surface area (Å²) < 4.78 is 32.9. The minimum absolute atomic E-state index is 0.0544. The van der Waals surface area contributed by atoms with E-state index in [0.717, 1.165) is 5.39 Å². The van der Waals surface area contributed by atoms with Crippen LogP contribution in [-0.4, -0.2) is 49.6 Å². The van der Waals surface area contributed by atoms with Crippen LogP contribution < -0.4 is 25.2 Å². The van der Waals surface area contributed by atoms with E-state index in [4.69, 9.17) is 14.2 Å². The van der Waals surface area contributed by atoms with E-state index in [2.05, 4.69) is 5.32 Å². The van der Waals surface area contributed by atoms with E-state index in [0.29, 0.717) is 74.1 Å². The number of benzene rings is 2. The predicted octanol–water partition coefficient (Wildman–Crippen LogP) is 2.70. The van der Waals surface area contributed by atoms with Gasteiger partial charge in [-0.25, -0.2) is 9.18 Å². The van der Waals surface area contributed by atoms with E-state index in [-0.39, 0.29) is 23.4 Å². The molecule has 34 heavy (non-hydrogen) atoms. The Morgan fingerprint density at radius 2 is 1.79 bits per heavy atom. The molecule has 1 amide bonds. The van der Waals surface area contributed by atoms with E-state index in [1.807, 2.05) is 6.07 Å². The van der Waals surface area contributed by atoms with Crippen LogP contribution in [0.2, 0.25) is 0 Å². The molecule has 3 aromatic rings. The molecule has 4 heterocycles. The van der Waals surface area contributed by atoms with Gasteiger partial charge in [-0.1, -0.05) is 0 Å². The van der Waals surface area contributed by atoms with E-state index in [1.54, 1.807) is 33.7 Å². The molecule has 3 aliphatic heterocycles. The van der Waals surface area contributed by atoms with Crippen molar-refractivity contribution in [3.63, 3.8) is 0 Å².